The van der Waals surface area contributed by atoms with E-state index in [1.807, 2.05) is 0 Å². The number of guanidine groups is 1. The number of benzene rings is 2. The van der Waals surface area contributed by atoms with Gasteiger partial charge in [0.1, 0.15) is 11.9 Å². The molecule has 2 aromatic rings. The molecule has 0 spiro atoms. The van der Waals surface area contributed by atoms with Gasteiger partial charge in [0.05, 0.1) is 26.9 Å². The van der Waals surface area contributed by atoms with Crippen LogP contribution in [0.3, 0.4) is 0 Å². The van der Waals surface area contributed by atoms with E-state index in [0.717, 1.165) is 5.56 Å². The van der Waals surface area contributed by atoms with E-state index in [1.165, 1.54) is 31.5 Å². The van der Waals surface area contributed by atoms with E-state index >= 15 is 0 Å². The average Bonchev–Trinajstić information content (AvgIpc) is 3.06. The molecule has 156 valence electrons. The lowest BCUT2D eigenvalue weighted by atomic mass is 10.2. The monoisotopic (exact) mass is 413 g/mol. The van der Waals surface area contributed by atoms with Crippen molar-refractivity contribution in [2.75, 3.05) is 19.5 Å². The molecule has 0 unspecified atom stereocenters. The molecule has 10 heteroatoms. The minimum absolute atomic E-state index is 0.125. The van der Waals surface area contributed by atoms with E-state index in [-0.39, 0.29) is 12.4 Å². The molecule has 0 radical (unpaired) electrons. The first-order valence-electron chi connectivity index (χ1n) is 8.93. The van der Waals surface area contributed by atoms with Crippen molar-refractivity contribution >= 4 is 29.7 Å². The highest BCUT2D eigenvalue weighted by molar-refractivity contribution is 6.07. The Kier molecular flexibility index (Phi) is 6.58. The summed E-state index contributed by atoms with van der Waals surface area (Å²) >= 11 is 0. The number of nitrogens with zero attached hydrogens (tertiary/aromatic N) is 2. The molecular weight excluding hydrogens is 393 g/mol. The summed E-state index contributed by atoms with van der Waals surface area (Å²) in [4.78, 5) is 28.2. The summed E-state index contributed by atoms with van der Waals surface area (Å²) in [7, 11) is 3.08. The molecular formula is C20H20FN5O4. The number of carbonyl (C=O) groups excluding carboxylic acids is 2. The molecule has 0 fully saturated rings. The smallest absolute Gasteiger partial charge is 0.252 e. The molecule has 1 heterocycles. The van der Waals surface area contributed by atoms with Crippen molar-refractivity contribution in [3.63, 3.8) is 0 Å². The van der Waals surface area contributed by atoms with E-state index in [9.17, 15) is 14.0 Å². The largest absolute Gasteiger partial charge is 0.493 e. The lowest BCUT2D eigenvalue weighted by Crippen LogP contribution is -2.35. The molecule has 0 saturated carbocycles. The van der Waals surface area contributed by atoms with Crippen LogP contribution >= 0.6 is 0 Å². The maximum atomic E-state index is 13.2. The molecule has 2 aromatic carbocycles. The van der Waals surface area contributed by atoms with E-state index < -0.39 is 23.7 Å². The Labute approximate surface area is 172 Å². The van der Waals surface area contributed by atoms with Gasteiger partial charge in [-0.1, -0.05) is 6.07 Å². The number of nitrogens with one attached hydrogen (secondary N) is 3. The van der Waals surface area contributed by atoms with Gasteiger partial charge in [0.25, 0.3) is 5.91 Å². The number of hydrazone groups is 1. The molecule has 0 saturated heterocycles. The highest BCUT2D eigenvalue weighted by Crippen LogP contribution is 2.26. The van der Waals surface area contributed by atoms with Crippen LogP contribution in [0.1, 0.15) is 12.0 Å². The number of aliphatic imine (C=N–C) groups is 1. The van der Waals surface area contributed by atoms with Gasteiger partial charge < -0.3 is 14.8 Å². The highest BCUT2D eigenvalue weighted by atomic mass is 19.1. The Bertz CT molecular complexity index is 1010. The van der Waals surface area contributed by atoms with Crippen molar-refractivity contribution < 1.29 is 23.5 Å². The minimum atomic E-state index is -0.905. The van der Waals surface area contributed by atoms with Crippen LogP contribution in [0.15, 0.2) is 52.6 Å². The fourth-order valence-electron chi connectivity index (χ4n) is 2.70. The SMILES string of the molecule is COc1ccc(/C=N\NC2=N[C@@H](CC(=O)Nc3cccc(F)c3)C(=O)N2)cc1OC. The average molecular weight is 413 g/mol. The van der Waals surface area contributed by atoms with Crippen molar-refractivity contribution in [1.82, 2.24) is 10.7 Å². The van der Waals surface area contributed by atoms with E-state index in [1.54, 1.807) is 31.4 Å². The zero-order valence-corrected chi connectivity index (χ0v) is 16.3. The van der Waals surface area contributed by atoms with Crippen molar-refractivity contribution in [3.8, 4) is 11.5 Å². The molecule has 3 rings (SSSR count). The van der Waals surface area contributed by atoms with Crippen LogP contribution < -0.4 is 25.5 Å². The Balaban J connectivity index is 1.56. The summed E-state index contributed by atoms with van der Waals surface area (Å²) in [6, 6.07) is 9.83. The van der Waals surface area contributed by atoms with Crippen LogP contribution in [0.25, 0.3) is 0 Å². The lowest BCUT2D eigenvalue weighted by molar-refractivity contribution is -0.123. The van der Waals surface area contributed by atoms with Crippen LogP contribution in [-0.4, -0.2) is 44.2 Å². The number of carbonyl (C=O) groups is 2. The molecule has 2 amide bonds. The standard InChI is InChI=1S/C20H20FN5O4/c1-29-16-7-6-12(8-17(16)30-2)11-22-26-20-24-15(19(28)25-20)10-18(27)23-14-5-3-4-13(21)9-14/h3-9,11,15H,10H2,1-2H3,(H,23,27)(H2,24,25,26,28)/b22-11-/t15-/m0/s1. The van der Waals surface area contributed by atoms with Gasteiger partial charge in [-0.25, -0.2) is 14.8 Å². The van der Waals surface area contributed by atoms with Gasteiger partial charge in [0.15, 0.2) is 11.5 Å². The molecule has 9 nitrogen and oxygen atoms in total. The number of methoxy groups -OCH3 is 2. The van der Waals surface area contributed by atoms with Crippen LogP contribution in [0.4, 0.5) is 10.1 Å². The first kappa shape index (κ1) is 20.8. The van der Waals surface area contributed by atoms with Gasteiger partial charge in [-0.05, 0) is 42.0 Å². The maximum absolute atomic E-state index is 13.2. The van der Waals surface area contributed by atoms with Crippen molar-refractivity contribution in [1.29, 1.82) is 0 Å². The predicted molar refractivity (Wildman–Crippen MR) is 109 cm³/mol. The number of ether oxygens (including phenoxy) is 2. The van der Waals surface area contributed by atoms with Crippen LogP contribution in [0.5, 0.6) is 11.5 Å². The normalized spacial score (nSPS) is 15.5. The molecule has 1 atom stereocenters. The Morgan fingerprint density at radius 1 is 1.23 bits per heavy atom. The fraction of sp³-hybridized carbons (Fsp3) is 0.200. The summed E-state index contributed by atoms with van der Waals surface area (Å²) in [6.07, 6.45) is 1.33. The van der Waals surface area contributed by atoms with Crippen LogP contribution in [0.2, 0.25) is 0 Å². The maximum Gasteiger partial charge on any atom is 0.252 e. The Morgan fingerprint density at radius 2 is 2.03 bits per heavy atom. The van der Waals surface area contributed by atoms with Gasteiger partial charge in [-0.2, -0.15) is 5.10 Å². The van der Waals surface area contributed by atoms with E-state index in [4.69, 9.17) is 9.47 Å². The zero-order chi connectivity index (χ0) is 21.5. The first-order valence-corrected chi connectivity index (χ1v) is 8.93. The van der Waals surface area contributed by atoms with Gasteiger partial charge in [0, 0.05) is 5.69 Å². The molecule has 0 aromatic heterocycles. The number of rotatable bonds is 7. The zero-order valence-electron chi connectivity index (χ0n) is 16.3. The van der Waals surface area contributed by atoms with Crippen molar-refractivity contribution in [3.05, 3.63) is 53.8 Å². The summed E-state index contributed by atoms with van der Waals surface area (Å²) in [5, 5.41) is 9.06. The second-order valence-corrected chi connectivity index (χ2v) is 6.23. The summed E-state index contributed by atoms with van der Waals surface area (Å²) < 4.78 is 23.6. The molecule has 0 bridgehead atoms. The molecule has 30 heavy (non-hydrogen) atoms. The topological polar surface area (TPSA) is 113 Å². The Hall–Kier alpha value is -3.95. The van der Waals surface area contributed by atoms with Gasteiger partial charge in [0.2, 0.25) is 11.9 Å². The molecule has 0 aliphatic carbocycles. The first-order chi connectivity index (χ1) is 14.5. The number of hydrogen-bond donors (Lipinski definition) is 3. The number of halogens is 1. The number of anilines is 1. The van der Waals surface area contributed by atoms with Gasteiger partial charge >= 0.3 is 0 Å². The fourth-order valence-corrected chi connectivity index (χ4v) is 2.70. The van der Waals surface area contributed by atoms with Crippen molar-refractivity contribution in [2.45, 2.75) is 12.5 Å². The predicted octanol–water partition coefficient (Wildman–Crippen LogP) is 1.65. The highest BCUT2D eigenvalue weighted by Gasteiger charge is 2.28. The Morgan fingerprint density at radius 3 is 2.77 bits per heavy atom. The van der Waals surface area contributed by atoms with Crippen molar-refractivity contribution in [2.24, 2.45) is 10.1 Å². The van der Waals surface area contributed by atoms with E-state index in [0.29, 0.717) is 17.2 Å². The quantitative estimate of drug-likeness (QED) is 0.472. The third-order valence-electron chi connectivity index (χ3n) is 4.11. The number of hydrogen-bond acceptors (Lipinski definition) is 7. The summed E-state index contributed by atoms with van der Waals surface area (Å²) in [5.74, 6) is -0.0944. The van der Waals surface area contributed by atoms with E-state index in [2.05, 4.69) is 26.2 Å². The molecule has 1 aliphatic rings. The number of amides is 2. The minimum Gasteiger partial charge on any atom is -0.493 e. The van der Waals surface area contributed by atoms with Gasteiger partial charge in [-0.3, -0.25) is 14.9 Å². The van der Waals surface area contributed by atoms with Gasteiger partial charge in [-0.15, -0.1) is 0 Å². The van der Waals surface area contributed by atoms with Crippen LogP contribution in [-0.2, 0) is 9.59 Å². The second kappa shape index (κ2) is 9.50. The lowest BCUT2D eigenvalue weighted by Gasteiger charge is -2.07. The molecule has 1 aliphatic heterocycles. The third-order valence-corrected chi connectivity index (χ3v) is 4.11. The van der Waals surface area contributed by atoms with Crippen LogP contribution in [0, 0.1) is 5.82 Å². The third kappa shape index (κ3) is 5.31. The summed E-state index contributed by atoms with van der Waals surface area (Å²) in [5.41, 5.74) is 3.66. The summed E-state index contributed by atoms with van der Waals surface area (Å²) in [6.45, 7) is 0. The molecule has 3 N–H and O–H groups in total. The second-order valence-electron chi connectivity index (χ2n) is 6.23.